The summed E-state index contributed by atoms with van der Waals surface area (Å²) in [6, 6.07) is 19.6. The third kappa shape index (κ3) is 10.2. The molecule has 15 atom stereocenters. The fourth-order valence-electron chi connectivity index (χ4n) is 22.0. The summed E-state index contributed by atoms with van der Waals surface area (Å²) in [5.41, 5.74) is 7.71. The van der Waals surface area contributed by atoms with Crippen molar-refractivity contribution in [1.29, 1.82) is 0 Å². The molecule has 14 aliphatic rings. The maximum atomic E-state index is 16.2. The number of esters is 1. The van der Waals surface area contributed by atoms with Crippen LogP contribution in [0, 0.1) is 57.2 Å². The van der Waals surface area contributed by atoms with Crippen LogP contribution in [0.1, 0.15) is 185 Å². The summed E-state index contributed by atoms with van der Waals surface area (Å²) < 4.78 is 21.6. The van der Waals surface area contributed by atoms with Crippen molar-refractivity contribution in [2.24, 2.45) is 45.3 Å². The van der Waals surface area contributed by atoms with Crippen LogP contribution in [-0.2, 0) is 25.5 Å². The number of phenols is 3. The second-order valence-electron chi connectivity index (χ2n) is 31.2. The molecule has 0 radical (unpaired) electrons. The zero-order chi connectivity index (χ0) is 67.9. The molecule has 3 fully saturated rings. The molecular weight excluding hydrogens is 1240 g/mol. The number of nitrogens with zero attached hydrogens (tertiary/aromatic N) is 2. The Hall–Kier alpha value is -8.97. The first-order valence-corrected chi connectivity index (χ1v) is 36.2. The number of dihydropyridines is 1. The summed E-state index contributed by atoms with van der Waals surface area (Å²) >= 11 is 0. The summed E-state index contributed by atoms with van der Waals surface area (Å²) in [7, 11) is 1.52. The average Bonchev–Trinajstić information content (AvgIpc) is 1.52. The minimum Gasteiger partial charge on any atom is -0.508 e. The highest BCUT2D eigenvalue weighted by Gasteiger charge is 2.67. The minimum absolute atomic E-state index is 0.00165. The van der Waals surface area contributed by atoms with E-state index in [0.717, 1.165) is 119 Å². The number of nitrogens with one attached hydrogen (secondary N) is 2. The molecule has 16 bridgehead atoms. The molecule has 0 saturated heterocycles. The molecular formula is C84H88N4O11. The van der Waals surface area contributed by atoms with Gasteiger partial charge in [0.05, 0.1) is 30.9 Å². The van der Waals surface area contributed by atoms with Gasteiger partial charge in [0.1, 0.15) is 40.7 Å². The lowest BCUT2D eigenvalue weighted by Gasteiger charge is -2.50. The number of phenolic OH excluding ortho intramolecular Hbond substituents is 3. The average molecular weight is 1330 g/mol. The van der Waals surface area contributed by atoms with Gasteiger partial charge in [0.2, 0.25) is 5.75 Å². The Labute approximate surface area is 578 Å². The Morgan fingerprint density at radius 1 is 0.848 bits per heavy atom. The predicted molar refractivity (Wildman–Crippen MR) is 378 cm³/mol. The number of allylic oxidation sites excluding steroid dienone is 10. The van der Waals surface area contributed by atoms with Gasteiger partial charge in [0.25, 0.3) is 0 Å². The second kappa shape index (κ2) is 24.1. The first kappa shape index (κ1) is 63.5. The lowest BCUT2D eigenvalue weighted by molar-refractivity contribution is -0.148. The topological polar surface area (TPSA) is 216 Å². The molecule has 3 saturated carbocycles. The first-order chi connectivity index (χ1) is 48.0. The largest absolute Gasteiger partial charge is 0.508 e. The van der Waals surface area contributed by atoms with E-state index < -0.39 is 46.9 Å². The summed E-state index contributed by atoms with van der Waals surface area (Å²) in [5.74, 6) is 7.18. The van der Waals surface area contributed by atoms with E-state index in [1.54, 1.807) is 25.1 Å². The van der Waals surface area contributed by atoms with Crippen LogP contribution >= 0.6 is 0 Å². The van der Waals surface area contributed by atoms with Gasteiger partial charge in [-0.25, -0.2) is 0 Å². The number of H-pyrrole nitrogens is 1. The number of aliphatic hydroxyl groups is 2. The molecule has 510 valence electrons. The van der Waals surface area contributed by atoms with Gasteiger partial charge in [-0.3, -0.25) is 14.4 Å². The third-order valence-corrected chi connectivity index (χ3v) is 26.2. The second-order valence-corrected chi connectivity index (χ2v) is 31.2. The van der Waals surface area contributed by atoms with Crippen LogP contribution in [0.15, 0.2) is 157 Å². The number of aromatic hydroxyl groups is 3. The number of rotatable bonds is 7. The van der Waals surface area contributed by atoms with E-state index >= 15 is 4.79 Å². The van der Waals surface area contributed by atoms with E-state index in [1.807, 2.05) is 24.3 Å². The summed E-state index contributed by atoms with van der Waals surface area (Å²) in [6.07, 6.45) is 35.4. The van der Waals surface area contributed by atoms with Crippen molar-refractivity contribution >= 4 is 34.0 Å². The highest BCUT2D eigenvalue weighted by atomic mass is 16.5. The fraction of sp³-hybridized carbons (Fsp3) is 0.440. The molecule has 0 amide bonds. The van der Waals surface area contributed by atoms with Crippen LogP contribution in [0.25, 0.3) is 10.8 Å². The van der Waals surface area contributed by atoms with Crippen LogP contribution in [0.3, 0.4) is 0 Å². The smallest absolute Gasteiger partial charge is 0.302 e. The summed E-state index contributed by atoms with van der Waals surface area (Å²) in [6.45, 7) is 3.78. The van der Waals surface area contributed by atoms with Gasteiger partial charge in [-0.05, 0) is 206 Å². The molecule has 2 aromatic heterocycles. The zero-order valence-electron chi connectivity index (χ0n) is 56.6. The Morgan fingerprint density at radius 3 is 2.55 bits per heavy atom. The van der Waals surface area contributed by atoms with Crippen LogP contribution in [-0.4, -0.2) is 85.5 Å². The number of methoxy groups -OCH3 is 1. The Morgan fingerprint density at radius 2 is 1.71 bits per heavy atom. The van der Waals surface area contributed by atoms with Gasteiger partial charge < -0.3 is 59.5 Å². The van der Waals surface area contributed by atoms with Gasteiger partial charge in [0.15, 0.2) is 11.5 Å². The number of hydrogen-bond donors (Lipinski definition) is 7. The van der Waals surface area contributed by atoms with Gasteiger partial charge in [0, 0.05) is 122 Å². The van der Waals surface area contributed by atoms with Crippen LogP contribution < -0.4 is 19.7 Å². The molecule has 4 spiro atoms. The van der Waals surface area contributed by atoms with Gasteiger partial charge in [-0.15, -0.1) is 0 Å². The maximum absolute atomic E-state index is 16.2. The lowest BCUT2D eigenvalue weighted by atomic mass is 9.53. The molecule has 20 rings (SSSR count). The number of fused-ring (bicyclic) bond motifs is 1. The molecule has 15 nitrogen and oxygen atoms in total. The monoisotopic (exact) mass is 1330 g/mol. The fourth-order valence-corrected chi connectivity index (χ4v) is 22.0. The van der Waals surface area contributed by atoms with Crippen molar-refractivity contribution < 1.29 is 54.1 Å². The molecule has 8 heterocycles. The molecule has 8 aliphatic carbocycles. The van der Waals surface area contributed by atoms with Gasteiger partial charge >= 0.3 is 5.97 Å². The van der Waals surface area contributed by atoms with Crippen molar-refractivity contribution in [1.82, 2.24) is 14.9 Å². The lowest BCUT2D eigenvalue weighted by Crippen LogP contribution is -2.41. The molecule has 15 heteroatoms. The third-order valence-electron chi connectivity index (χ3n) is 26.2. The van der Waals surface area contributed by atoms with Crippen molar-refractivity contribution in [2.45, 2.75) is 159 Å². The standard InChI is InChI=1S/C84H88N4O11/c1-48(90)23-31-87-70-18-16-64-77-67(70)45-88-71(54-36-72(95)79(73(37-54)97-3)99-62-34-50(33-59(93)40-62)32-51-20-24-81(42-55(51)46-89)26-27-82-28-29-83(47-82,80(64)96)69(78(77)88)17-19-74(81)82)41-60(94)39-61(98-49(2)91)21-25-84-56-9-5-10-57(84)12-7-15-68(84)66-44-85-43-65(66)63(14-6-11-56)76(52-8-4-13-58(92)35-52)53-22-30-86-75(87)38-53/h4-5,7-10,13,15-19,22,33-38,40,43-45,51,55,57,61,63,68-69,71,74,76,80,85-86,89,92-93,95-96H,11-12,20-21,23-32,39,41-42,46-47H2,1-3H3. The Bertz CT molecular complexity index is 4610. The number of aromatic amines is 1. The number of ketones is 2. The van der Waals surface area contributed by atoms with Crippen molar-refractivity contribution in [2.75, 3.05) is 31.7 Å². The van der Waals surface area contributed by atoms with E-state index in [0.29, 0.717) is 43.5 Å². The quantitative estimate of drug-likeness (QED) is 0.0450. The Balaban J connectivity index is 0.928. The molecule has 4 aromatic carbocycles. The van der Waals surface area contributed by atoms with E-state index in [4.69, 9.17) is 14.2 Å². The number of aliphatic hydroxyl groups excluding tert-OH is 2. The summed E-state index contributed by atoms with van der Waals surface area (Å²) in [4.78, 5) is 49.2. The highest BCUT2D eigenvalue weighted by Crippen LogP contribution is 2.76. The minimum atomic E-state index is -0.887. The van der Waals surface area contributed by atoms with Crippen molar-refractivity contribution in [3.05, 3.63) is 196 Å². The number of aromatic nitrogens is 2. The molecule has 99 heavy (non-hydrogen) atoms. The first-order valence-electron chi connectivity index (χ1n) is 36.2. The van der Waals surface area contributed by atoms with E-state index in [2.05, 4.69) is 123 Å². The van der Waals surface area contributed by atoms with Gasteiger partial charge in [-0.2, -0.15) is 0 Å². The predicted octanol–water partition coefficient (Wildman–Crippen LogP) is 15.0. The summed E-state index contributed by atoms with van der Waals surface area (Å²) in [5, 5.41) is 66.4. The number of benzene rings is 4. The normalized spacial score (nSPS) is 32.9. The van der Waals surface area contributed by atoms with Crippen LogP contribution in [0.4, 0.5) is 5.69 Å². The molecule has 15 unspecified atom stereocenters. The molecule has 6 aromatic rings. The van der Waals surface area contributed by atoms with Crippen LogP contribution in [0.5, 0.6) is 34.5 Å². The van der Waals surface area contributed by atoms with Gasteiger partial charge in [-0.1, -0.05) is 84.2 Å². The SMILES string of the molecule is COc1cc2cc(O)c1Oc1cc(O)cc(c1)CC1CCC3(CCC45CCC6(C4)C(O)c4ccc7c8cn(c(c48)C6C=CC35)C2CC(=O)CC(OC(C)=O)CCC23C4=CC=CC2CC=CC3c2c[nH]cc2C(C#CC4)C(c2cccc(O)c2)C2=CCNC(=C2)N7CCC(C)=O)CC1CO. The van der Waals surface area contributed by atoms with E-state index in [1.165, 1.54) is 25.7 Å². The molecule has 6 aliphatic heterocycles. The molecule has 7 N–H and O–H groups in total. The highest BCUT2D eigenvalue weighted by molar-refractivity contribution is 6.01. The number of carbonyl (C=O) groups is 3. The number of carbonyl (C=O) groups excluding carboxylic acids is 3. The Kier molecular flexibility index (Phi) is 15.5. The van der Waals surface area contributed by atoms with Crippen LogP contribution in [0.2, 0.25) is 0 Å². The van der Waals surface area contributed by atoms with Crippen molar-refractivity contribution in [3.8, 4) is 46.3 Å². The number of anilines is 1. The number of ether oxygens (including phenoxy) is 3. The van der Waals surface area contributed by atoms with E-state index in [-0.39, 0.29) is 119 Å². The zero-order valence-corrected chi connectivity index (χ0v) is 56.6. The number of hydrogen-bond acceptors (Lipinski definition) is 13. The number of Topliss-reactive ketones (excluding diaryl/α,β-unsaturated/α-hetero) is 2. The van der Waals surface area contributed by atoms with Crippen molar-refractivity contribution in [3.63, 3.8) is 0 Å². The van der Waals surface area contributed by atoms with E-state index in [9.17, 15) is 35.1 Å². The maximum Gasteiger partial charge on any atom is 0.302 e.